The highest BCUT2D eigenvalue weighted by Crippen LogP contribution is 2.22. The van der Waals surface area contributed by atoms with Crippen LogP contribution in [0.2, 0.25) is 5.02 Å². The van der Waals surface area contributed by atoms with Crippen molar-refractivity contribution in [1.29, 1.82) is 0 Å². The fourth-order valence-electron chi connectivity index (χ4n) is 3.85. The number of halogens is 1. The van der Waals surface area contributed by atoms with E-state index >= 15 is 0 Å². The van der Waals surface area contributed by atoms with Gasteiger partial charge < -0.3 is 9.67 Å². The van der Waals surface area contributed by atoms with Crippen molar-refractivity contribution >= 4 is 34.1 Å². The number of fused-ring (bicyclic) bond motifs is 1. The van der Waals surface area contributed by atoms with Gasteiger partial charge in [0.1, 0.15) is 6.54 Å². The van der Waals surface area contributed by atoms with Crippen LogP contribution >= 0.6 is 11.6 Å². The number of carbonyl (C=O) groups is 2. The fraction of sp³-hybridized carbons (Fsp3) is 0.167. The van der Waals surface area contributed by atoms with E-state index in [2.05, 4.69) is 5.10 Å². The third kappa shape index (κ3) is 3.83. The number of hydrogen-bond acceptors (Lipinski definition) is 4. The first-order valence-electron chi connectivity index (χ1n) is 9.94. The van der Waals surface area contributed by atoms with E-state index < -0.39 is 11.5 Å². The van der Waals surface area contributed by atoms with Crippen LogP contribution in [0.25, 0.3) is 10.8 Å². The van der Waals surface area contributed by atoms with Crippen molar-refractivity contribution in [3.8, 4) is 0 Å². The standard InChI is InChI=1S/C24H20ClN3O4/c1-14-11-19(15(2)27(14)12-16-7-3-6-10-20(16)25)21(29)13-28-23(30)18-9-5-4-8-17(18)22(26-28)24(31)32/h3-11H,12-13H2,1-2H3,(H,31,32). The zero-order valence-electron chi connectivity index (χ0n) is 17.5. The molecule has 8 heteroatoms. The lowest BCUT2D eigenvalue weighted by Gasteiger charge is -2.12. The number of aryl methyl sites for hydroxylation is 1. The summed E-state index contributed by atoms with van der Waals surface area (Å²) in [6, 6.07) is 15.6. The van der Waals surface area contributed by atoms with Crippen LogP contribution in [0.1, 0.15) is 37.8 Å². The van der Waals surface area contributed by atoms with Gasteiger partial charge in [0.2, 0.25) is 0 Å². The maximum absolute atomic E-state index is 13.1. The molecule has 0 fully saturated rings. The Hall–Kier alpha value is -3.71. The van der Waals surface area contributed by atoms with Gasteiger partial charge in [0, 0.05) is 33.9 Å². The highest BCUT2D eigenvalue weighted by atomic mass is 35.5. The Bertz CT molecular complexity index is 1440. The molecule has 7 nitrogen and oxygen atoms in total. The van der Waals surface area contributed by atoms with Crippen molar-refractivity contribution in [2.75, 3.05) is 0 Å². The molecule has 0 aliphatic rings. The molecule has 0 atom stereocenters. The lowest BCUT2D eigenvalue weighted by molar-refractivity contribution is 0.0688. The number of carboxylic acids is 1. The monoisotopic (exact) mass is 449 g/mol. The van der Waals surface area contributed by atoms with Crippen LogP contribution in [-0.2, 0) is 13.1 Å². The van der Waals surface area contributed by atoms with Gasteiger partial charge in [-0.05, 0) is 37.6 Å². The molecule has 0 saturated carbocycles. The number of carbonyl (C=O) groups excluding carboxylic acids is 1. The third-order valence-electron chi connectivity index (χ3n) is 5.52. The van der Waals surface area contributed by atoms with Gasteiger partial charge in [-0.15, -0.1) is 0 Å². The summed E-state index contributed by atoms with van der Waals surface area (Å²) in [6.07, 6.45) is 0. The van der Waals surface area contributed by atoms with E-state index in [-0.39, 0.29) is 28.8 Å². The molecule has 2 aromatic heterocycles. The van der Waals surface area contributed by atoms with Crippen LogP contribution in [0.3, 0.4) is 0 Å². The van der Waals surface area contributed by atoms with Crippen molar-refractivity contribution in [3.63, 3.8) is 0 Å². The van der Waals surface area contributed by atoms with E-state index in [0.717, 1.165) is 21.6 Å². The van der Waals surface area contributed by atoms with Crippen molar-refractivity contribution in [2.24, 2.45) is 0 Å². The summed E-state index contributed by atoms with van der Waals surface area (Å²) in [4.78, 5) is 37.6. The van der Waals surface area contributed by atoms with Gasteiger partial charge in [-0.2, -0.15) is 5.10 Å². The van der Waals surface area contributed by atoms with Gasteiger partial charge in [-0.1, -0.05) is 48.0 Å². The van der Waals surface area contributed by atoms with Crippen LogP contribution < -0.4 is 5.56 Å². The van der Waals surface area contributed by atoms with Gasteiger partial charge >= 0.3 is 5.97 Å². The van der Waals surface area contributed by atoms with Crippen LogP contribution in [-0.4, -0.2) is 31.2 Å². The Kier molecular flexibility index (Phi) is 5.67. The maximum atomic E-state index is 13.1. The molecule has 0 unspecified atom stereocenters. The molecule has 32 heavy (non-hydrogen) atoms. The Morgan fingerprint density at radius 2 is 1.69 bits per heavy atom. The second kappa shape index (κ2) is 8.43. The summed E-state index contributed by atoms with van der Waals surface area (Å²) in [5.41, 5.74) is 2.21. The third-order valence-corrected chi connectivity index (χ3v) is 5.89. The molecule has 2 heterocycles. The van der Waals surface area contributed by atoms with Gasteiger partial charge in [-0.25, -0.2) is 9.48 Å². The molecule has 2 aromatic carbocycles. The fourth-order valence-corrected chi connectivity index (χ4v) is 4.04. The molecule has 0 saturated heterocycles. The second-order valence-corrected chi connectivity index (χ2v) is 7.95. The highest BCUT2D eigenvalue weighted by molar-refractivity contribution is 6.31. The van der Waals surface area contributed by atoms with Gasteiger partial charge in [0.25, 0.3) is 5.56 Å². The largest absolute Gasteiger partial charge is 0.476 e. The number of benzene rings is 2. The van der Waals surface area contributed by atoms with E-state index in [9.17, 15) is 19.5 Å². The number of aromatic nitrogens is 3. The van der Waals surface area contributed by atoms with Crippen LogP contribution in [0.4, 0.5) is 0 Å². The average Bonchev–Trinajstić information content (AvgIpc) is 3.05. The Balaban J connectivity index is 1.71. The molecule has 4 rings (SSSR count). The molecule has 0 aliphatic carbocycles. The Labute approximate surface area is 188 Å². The van der Waals surface area contributed by atoms with Crippen LogP contribution in [0, 0.1) is 13.8 Å². The summed E-state index contributed by atoms with van der Waals surface area (Å²) in [5, 5.41) is 14.6. The normalized spacial score (nSPS) is 11.1. The van der Waals surface area contributed by atoms with E-state index in [1.54, 1.807) is 18.2 Å². The molecule has 162 valence electrons. The Morgan fingerprint density at radius 1 is 1.03 bits per heavy atom. The number of carboxylic acid groups (broad SMARTS) is 1. The van der Waals surface area contributed by atoms with Crippen LogP contribution in [0.15, 0.2) is 59.4 Å². The number of rotatable bonds is 6. The van der Waals surface area contributed by atoms with Crippen molar-refractivity contribution < 1.29 is 14.7 Å². The first-order valence-corrected chi connectivity index (χ1v) is 10.3. The number of nitrogens with zero attached hydrogens (tertiary/aromatic N) is 3. The van der Waals surface area contributed by atoms with Crippen molar-refractivity contribution in [2.45, 2.75) is 26.9 Å². The number of Topliss-reactive ketones (excluding diaryl/α,β-unsaturated/α-hetero) is 1. The van der Waals surface area contributed by atoms with Gasteiger partial charge in [-0.3, -0.25) is 9.59 Å². The molecule has 0 amide bonds. The summed E-state index contributed by atoms with van der Waals surface area (Å²) >= 11 is 6.29. The molecule has 0 bridgehead atoms. The summed E-state index contributed by atoms with van der Waals surface area (Å²) < 4.78 is 2.90. The number of aromatic carboxylic acids is 1. The average molecular weight is 450 g/mol. The predicted molar refractivity (Wildman–Crippen MR) is 122 cm³/mol. The second-order valence-electron chi connectivity index (χ2n) is 7.55. The highest BCUT2D eigenvalue weighted by Gasteiger charge is 2.20. The molecule has 0 spiro atoms. The molecular formula is C24H20ClN3O4. The van der Waals surface area contributed by atoms with Gasteiger partial charge in [0.05, 0.1) is 5.39 Å². The van der Waals surface area contributed by atoms with Crippen molar-refractivity contribution in [3.05, 3.63) is 98.2 Å². The molecule has 0 aliphatic heterocycles. The molecule has 1 N–H and O–H groups in total. The van der Waals surface area contributed by atoms with Crippen LogP contribution in [0.5, 0.6) is 0 Å². The molecule has 4 aromatic rings. The molecule has 0 radical (unpaired) electrons. The summed E-state index contributed by atoms with van der Waals surface area (Å²) in [7, 11) is 0. The zero-order chi connectivity index (χ0) is 23.0. The lowest BCUT2D eigenvalue weighted by Crippen LogP contribution is -2.29. The minimum atomic E-state index is -1.26. The maximum Gasteiger partial charge on any atom is 0.357 e. The van der Waals surface area contributed by atoms with E-state index in [4.69, 9.17) is 11.6 Å². The minimum Gasteiger partial charge on any atom is -0.476 e. The van der Waals surface area contributed by atoms with Gasteiger partial charge in [0.15, 0.2) is 11.5 Å². The first-order chi connectivity index (χ1) is 15.3. The summed E-state index contributed by atoms with van der Waals surface area (Å²) in [6.45, 7) is 3.86. The molecular weight excluding hydrogens is 430 g/mol. The number of hydrogen-bond donors (Lipinski definition) is 1. The smallest absolute Gasteiger partial charge is 0.357 e. The SMILES string of the molecule is Cc1cc(C(=O)Cn2nc(C(=O)O)c3ccccc3c2=O)c(C)n1Cc1ccccc1Cl. The van der Waals surface area contributed by atoms with E-state index in [1.165, 1.54) is 12.1 Å². The first kappa shape index (κ1) is 21.5. The summed E-state index contributed by atoms with van der Waals surface area (Å²) in [5.74, 6) is -1.59. The topological polar surface area (TPSA) is 94.2 Å². The van der Waals surface area contributed by atoms with E-state index in [0.29, 0.717) is 17.1 Å². The number of ketones is 1. The quantitative estimate of drug-likeness (QED) is 0.447. The Morgan fingerprint density at radius 3 is 2.38 bits per heavy atom. The van der Waals surface area contributed by atoms with Crippen molar-refractivity contribution in [1.82, 2.24) is 14.3 Å². The minimum absolute atomic E-state index is 0.205. The predicted octanol–water partition coefficient (Wildman–Crippen LogP) is 4.10. The lowest BCUT2D eigenvalue weighted by atomic mass is 10.1. The zero-order valence-corrected chi connectivity index (χ0v) is 18.3. The van der Waals surface area contributed by atoms with E-state index in [1.807, 2.05) is 42.7 Å².